The van der Waals surface area contributed by atoms with Gasteiger partial charge in [0.05, 0.1) is 5.56 Å². The molecule has 0 bridgehead atoms. The summed E-state index contributed by atoms with van der Waals surface area (Å²) >= 11 is 0. The van der Waals surface area contributed by atoms with Gasteiger partial charge in [-0.3, -0.25) is 4.98 Å². The van der Waals surface area contributed by atoms with E-state index in [0.717, 1.165) is 11.1 Å². The predicted molar refractivity (Wildman–Crippen MR) is 92.5 cm³/mol. The Bertz CT molecular complexity index is 1040. The van der Waals surface area contributed by atoms with Gasteiger partial charge in [0, 0.05) is 18.9 Å². The molecule has 3 aromatic heterocycles. The third kappa shape index (κ3) is 2.91. The van der Waals surface area contributed by atoms with E-state index in [0.29, 0.717) is 29.4 Å². The van der Waals surface area contributed by atoms with Crippen LogP contribution in [-0.2, 0) is 6.54 Å². The van der Waals surface area contributed by atoms with Gasteiger partial charge in [-0.1, -0.05) is 12.1 Å². The summed E-state index contributed by atoms with van der Waals surface area (Å²) in [7, 11) is 0. The summed E-state index contributed by atoms with van der Waals surface area (Å²) in [5.41, 5.74) is 3.16. The molecule has 0 aliphatic rings. The van der Waals surface area contributed by atoms with E-state index >= 15 is 0 Å². The highest BCUT2D eigenvalue weighted by molar-refractivity contribution is 5.60. The number of aryl methyl sites for hydroxylation is 1. The molecule has 7 heteroatoms. The van der Waals surface area contributed by atoms with E-state index in [9.17, 15) is 4.39 Å². The van der Waals surface area contributed by atoms with E-state index in [4.69, 9.17) is 0 Å². The molecule has 6 nitrogen and oxygen atoms in total. The standard InChI is InChI=1S/C18H15FN6/c1-12-10-20-9-8-13(12)11-21-16-6-7-17-22-23-18(25(17)24-16)14-4-2-3-5-15(14)19/h2-10H,11H2,1H3,(H,21,24). The monoisotopic (exact) mass is 334 g/mol. The predicted octanol–water partition coefficient (Wildman–Crippen LogP) is 3.25. The second kappa shape index (κ2) is 6.27. The van der Waals surface area contributed by atoms with Crippen molar-refractivity contribution in [3.05, 3.63) is 71.8 Å². The number of nitrogens with one attached hydrogen (secondary N) is 1. The van der Waals surface area contributed by atoms with E-state index in [2.05, 4.69) is 25.6 Å². The van der Waals surface area contributed by atoms with Crippen LogP contribution >= 0.6 is 0 Å². The molecule has 1 N–H and O–H groups in total. The molecular weight excluding hydrogens is 319 g/mol. The van der Waals surface area contributed by atoms with Gasteiger partial charge < -0.3 is 5.32 Å². The number of halogens is 1. The number of hydrogen-bond acceptors (Lipinski definition) is 5. The molecule has 0 fully saturated rings. The Balaban J connectivity index is 1.67. The van der Waals surface area contributed by atoms with Crippen molar-refractivity contribution in [1.82, 2.24) is 24.8 Å². The fourth-order valence-corrected chi connectivity index (χ4v) is 2.58. The third-order valence-corrected chi connectivity index (χ3v) is 3.97. The van der Waals surface area contributed by atoms with Crippen molar-refractivity contribution in [1.29, 1.82) is 0 Å². The van der Waals surface area contributed by atoms with Gasteiger partial charge in [0.2, 0.25) is 0 Å². The zero-order valence-electron chi connectivity index (χ0n) is 13.5. The maximum absolute atomic E-state index is 14.1. The molecule has 3 heterocycles. The van der Waals surface area contributed by atoms with Crippen molar-refractivity contribution >= 4 is 11.5 Å². The lowest BCUT2D eigenvalue weighted by Gasteiger charge is -2.08. The number of pyridine rings is 1. The molecule has 0 atom stereocenters. The van der Waals surface area contributed by atoms with Crippen LogP contribution < -0.4 is 5.32 Å². The fourth-order valence-electron chi connectivity index (χ4n) is 2.58. The first-order chi connectivity index (χ1) is 12.2. The van der Waals surface area contributed by atoms with Crippen LogP contribution in [0.3, 0.4) is 0 Å². The highest BCUT2D eigenvalue weighted by Gasteiger charge is 2.13. The Morgan fingerprint density at radius 2 is 1.96 bits per heavy atom. The van der Waals surface area contributed by atoms with Gasteiger partial charge in [-0.25, -0.2) is 4.39 Å². The summed E-state index contributed by atoms with van der Waals surface area (Å²) in [5, 5.41) is 15.9. The molecule has 0 radical (unpaired) electrons. The maximum atomic E-state index is 14.1. The molecule has 0 aliphatic carbocycles. The molecule has 0 aliphatic heterocycles. The number of anilines is 1. The van der Waals surface area contributed by atoms with Crippen LogP contribution in [0.15, 0.2) is 54.9 Å². The smallest absolute Gasteiger partial charge is 0.188 e. The minimum Gasteiger partial charge on any atom is -0.365 e. The normalized spacial score (nSPS) is 11.0. The summed E-state index contributed by atoms with van der Waals surface area (Å²) in [6.45, 7) is 2.63. The van der Waals surface area contributed by atoms with Gasteiger partial charge in [-0.2, -0.15) is 4.52 Å². The lowest BCUT2D eigenvalue weighted by Crippen LogP contribution is -2.06. The first-order valence-electron chi connectivity index (χ1n) is 7.83. The third-order valence-electron chi connectivity index (χ3n) is 3.97. The Morgan fingerprint density at radius 3 is 2.80 bits per heavy atom. The van der Waals surface area contributed by atoms with Gasteiger partial charge >= 0.3 is 0 Å². The van der Waals surface area contributed by atoms with Crippen LogP contribution in [0.5, 0.6) is 0 Å². The largest absolute Gasteiger partial charge is 0.365 e. The first kappa shape index (κ1) is 15.2. The lowest BCUT2D eigenvalue weighted by atomic mass is 10.1. The summed E-state index contributed by atoms with van der Waals surface area (Å²) in [4.78, 5) is 4.09. The van der Waals surface area contributed by atoms with Crippen molar-refractivity contribution in [3.63, 3.8) is 0 Å². The van der Waals surface area contributed by atoms with Gasteiger partial charge in [0.1, 0.15) is 11.6 Å². The van der Waals surface area contributed by atoms with Crippen molar-refractivity contribution in [3.8, 4) is 11.4 Å². The van der Waals surface area contributed by atoms with Crippen LogP contribution in [0.1, 0.15) is 11.1 Å². The van der Waals surface area contributed by atoms with Crippen molar-refractivity contribution < 1.29 is 4.39 Å². The highest BCUT2D eigenvalue weighted by Crippen LogP contribution is 2.21. The molecule has 0 saturated carbocycles. The van der Waals surface area contributed by atoms with Crippen molar-refractivity contribution in [2.45, 2.75) is 13.5 Å². The molecule has 0 unspecified atom stereocenters. The zero-order chi connectivity index (χ0) is 17.2. The average Bonchev–Trinajstić information content (AvgIpc) is 3.04. The van der Waals surface area contributed by atoms with Gasteiger partial charge in [-0.05, 0) is 48.4 Å². The Kier molecular flexibility index (Phi) is 3.81. The van der Waals surface area contributed by atoms with Gasteiger partial charge in [0.25, 0.3) is 0 Å². The number of benzene rings is 1. The molecule has 0 saturated heterocycles. The molecule has 124 valence electrons. The van der Waals surface area contributed by atoms with E-state index in [1.807, 2.05) is 25.3 Å². The topological polar surface area (TPSA) is 68.0 Å². The molecule has 4 aromatic rings. The summed E-state index contributed by atoms with van der Waals surface area (Å²) in [5.74, 6) is 0.669. The van der Waals surface area contributed by atoms with E-state index < -0.39 is 0 Å². The van der Waals surface area contributed by atoms with Crippen LogP contribution in [0, 0.1) is 12.7 Å². The van der Waals surface area contributed by atoms with Crippen molar-refractivity contribution in [2.75, 3.05) is 5.32 Å². The SMILES string of the molecule is Cc1cnccc1CNc1ccc2nnc(-c3ccccc3F)n2n1. The lowest BCUT2D eigenvalue weighted by molar-refractivity contribution is 0.629. The first-order valence-corrected chi connectivity index (χ1v) is 7.83. The molecule has 0 spiro atoms. The van der Waals surface area contributed by atoms with Crippen LogP contribution in [0.25, 0.3) is 17.0 Å². The second-order valence-electron chi connectivity index (χ2n) is 5.65. The number of hydrogen-bond donors (Lipinski definition) is 1. The molecular formula is C18H15FN6. The quantitative estimate of drug-likeness (QED) is 0.620. The molecule has 1 aromatic carbocycles. The van der Waals surface area contributed by atoms with Gasteiger partial charge in [0.15, 0.2) is 11.5 Å². The molecule has 0 amide bonds. The zero-order valence-corrected chi connectivity index (χ0v) is 13.5. The Morgan fingerprint density at radius 1 is 1.08 bits per heavy atom. The van der Waals surface area contributed by atoms with E-state index in [-0.39, 0.29) is 5.82 Å². The summed E-state index contributed by atoms with van der Waals surface area (Å²) < 4.78 is 15.6. The Hall–Kier alpha value is -3.35. The average molecular weight is 334 g/mol. The number of fused-ring (bicyclic) bond motifs is 1. The van der Waals surface area contributed by atoms with Gasteiger partial charge in [-0.15, -0.1) is 15.3 Å². The van der Waals surface area contributed by atoms with Crippen LogP contribution in [-0.4, -0.2) is 24.8 Å². The van der Waals surface area contributed by atoms with Crippen LogP contribution in [0.2, 0.25) is 0 Å². The fraction of sp³-hybridized carbons (Fsp3) is 0.111. The summed E-state index contributed by atoms with van der Waals surface area (Å²) in [6, 6.07) is 12.0. The number of nitrogens with zero attached hydrogens (tertiary/aromatic N) is 5. The van der Waals surface area contributed by atoms with Crippen molar-refractivity contribution in [2.24, 2.45) is 0 Å². The van der Waals surface area contributed by atoms with E-state index in [1.165, 1.54) is 6.07 Å². The Labute approximate surface area is 143 Å². The minimum atomic E-state index is -0.357. The molecule has 25 heavy (non-hydrogen) atoms. The number of aromatic nitrogens is 5. The molecule has 4 rings (SSSR count). The summed E-state index contributed by atoms with van der Waals surface area (Å²) in [6.07, 6.45) is 3.58. The van der Waals surface area contributed by atoms with E-state index in [1.54, 1.807) is 35.0 Å². The highest BCUT2D eigenvalue weighted by atomic mass is 19.1. The minimum absolute atomic E-state index is 0.357. The maximum Gasteiger partial charge on any atom is 0.188 e. The second-order valence-corrected chi connectivity index (χ2v) is 5.65. The number of rotatable bonds is 4. The van der Waals surface area contributed by atoms with Crippen LogP contribution in [0.4, 0.5) is 10.2 Å².